The summed E-state index contributed by atoms with van der Waals surface area (Å²) in [5.74, 6) is 0.365. The Morgan fingerprint density at radius 1 is 1.14 bits per heavy atom. The fourth-order valence-electron chi connectivity index (χ4n) is 4.40. The van der Waals surface area contributed by atoms with Crippen molar-refractivity contribution >= 4 is 15.9 Å². The molecule has 1 saturated heterocycles. The molecule has 0 bridgehead atoms. The van der Waals surface area contributed by atoms with Crippen molar-refractivity contribution in [2.24, 2.45) is 5.92 Å². The van der Waals surface area contributed by atoms with Crippen LogP contribution in [0.4, 0.5) is 0 Å². The average molecular weight is 497 g/mol. The second-order valence-corrected chi connectivity index (χ2v) is 11.1. The van der Waals surface area contributed by atoms with Crippen LogP contribution in [0.3, 0.4) is 0 Å². The molecule has 1 amide bonds. The molecule has 4 rings (SSSR count). The minimum atomic E-state index is -3.65. The zero-order valence-corrected chi connectivity index (χ0v) is 21.3. The van der Waals surface area contributed by atoms with Gasteiger partial charge in [0.05, 0.1) is 17.4 Å². The number of piperidine rings is 1. The molecule has 0 N–H and O–H groups in total. The highest BCUT2D eigenvalue weighted by atomic mass is 32.2. The number of carbonyl (C=O) groups excluding carboxylic acids is 1. The third-order valence-electron chi connectivity index (χ3n) is 6.27. The highest BCUT2D eigenvalue weighted by Crippen LogP contribution is 2.26. The topological polar surface area (TPSA) is 96.6 Å². The van der Waals surface area contributed by atoms with Crippen molar-refractivity contribution in [2.45, 2.75) is 51.5 Å². The first-order chi connectivity index (χ1) is 16.8. The molecule has 0 spiro atoms. The van der Waals surface area contributed by atoms with Gasteiger partial charge in [-0.05, 0) is 51.3 Å². The van der Waals surface area contributed by atoms with Crippen LogP contribution in [-0.2, 0) is 21.4 Å². The monoisotopic (exact) mass is 496 g/mol. The number of amides is 1. The van der Waals surface area contributed by atoms with Gasteiger partial charge in [0.15, 0.2) is 0 Å². The minimum Gasteiger partial charge on any atom is -0.337 e. The molecule has 1 atom stereocenters. The summed E-state index contributed by atoms with van der Waals surface area (Å²) >= 11 is 0. The van der Waals surface area contributed by atoms with Crippen LogP contribution in [-0.4, -0.2) is 53.3 Å². The van der Waals surface area contributed by atoms with E-state index in [0.717, 1.165) is 23.1 Å². The fraction of sp³-hybridized carbons (Fsp3) is 0.423. The van der Waals surface area contributed by atoms with Gasteiger partial charge >= 0.3 is 0 Å². The Bertz CT molecular complexity index is 1270. The molecule has 186 valence electrons. The molecular formula is C26H32N4O4S. The molecule has 3 aromatic rings. The summed E-state index contributed by atoms with van der Waals surface area (Å²) in [5.41, 5.74) is 2.95. The van der Waals surface area contributed by atoms with Gasteiger partial charge in [-0.1, -0.05) is 53.5 Å². The summed E-state index contributed by atoms with van der Waals surface area (Å²) in [7, 11) is -3.65. The van der Waals surface area contributed by atoms with E-state index in [2.05, 4.69) is 10.1 Å². The number of carbonyl (C=O) groups is 1. The SMILES string of the molecule is CCCN(Cc1nc(-c2cccc(C)c2)no1)C(=O)[C@@H]1CCCN(S(=O)(=O)c2ccc(C)cc2)C1. The van der Waals surface area contributed by atoms with Gasteiger partial charge < -0.3 is 9.42 Å². The Morgan fingerprint density at radius 2 is 1.91 bits per heavy atom. The average Bonchev–Trinajstić information content (AvgIpc) is 3.32. The number of nitrogens with zero attached hydrogens (tertiary/aromatic N) is 4. The molecule has 1 aliphatic rings. The normalized spacial score (nSPS) is 16.8. The van der Waals surface area contributed by atoms with Crippen molar-refractivity contribution < 1.29 is 17.7 Å². The zero-order valence-electron chi connectivity index (χ0n) is 20.5. The molecular weight excluding hydrogens is 464 g/mol. The van der Waals surface area contributed by atoms with E-state index in [1.54, 1.807) is 29.2 Å². The van der Waals surface area contributed by atoms with Gasteiger partial charge in [0.2, 0.25) is 27.6 Å². The summed E-state index contributed by atoms with van der Waals surface area (Å²) in [5, 5.41) is 4.09. The Balaban J connectivity index is 1.47. The standard InChI is InChI=1S/C26H32N4O4S/c1-4-14-29(18-24-27-25(28-34-24)21-8-5-7-20(3)16-21)26(31)22-9-6-15-30(17-22)35(32,33)23-12-10-19(2)11-13-23/h5,7-8,10-13,16,22H,4,6,9,14-15,17-18H2,1-3H3/t22-/m1/s1. The zero-order chi connectivity index (χ0) is 25.0. The number of sulfonamides is 1. The second-order valence-electron chi connectivity index (χ2n) is 9.16. The van der Waals surface area contributed by atoms with Crippen molar-refractivity contribution in [3.05, 3.63) is 65.5 Å². The van der Waals surface area contributed by atoms with Gasteiger partial charge in [0.25, 0.3) is 0 Å². The van der Waals surface area contributed by atoms with Crippen LogP contribution in [0.1, 0.15) is 43.2 Å². The maximum Gasteiger partial charge on any atom is 0.246 e. The lowest BCUT2D eigenvalue weighted by atomic mass is 9.98. The number of hydrogen-bond donors (Lipinski definition) is 0. The molecule has 1 aliphatic heterocycles. The molecule has 1 fully saturated rings. The molecule has 0 saturated carbocycles. The van der Waals surface area contributed by atoms with Crippen molar-refractivity contribution in [3.63, 3.8) is 0 Å². The van der Waals surface area contributed by atoms with Gasteiger partial charge in [-0.15, -0.1) is 0 Å². The maximum atomic E-state index is 13.5. The highest BCUT2D eigenvalue weighted by molar-refractivity contribution is 7.89. The molecule has 0 radical (unpaired) electrons. The van der Waals surface area contributed by atoms with Crippen molar-refractivity contribution in [3.8, 4) is 11.4 Å². The van der Waals surface area contributed by atoms with Gasteiger partial charge in [0.1, 0.15) is 0 Å². The van der Waals surface area contributed by atoms with E-state index >= 15 is 0 Å². The third kappa shape index (κ3) is 5.79. The summed E-state index contributed by atoms with van der Waals surface area (Å²) < 4.78 is 33.3. The second kappa shape index (κ2) is 10.7. The number of aryl methyl sites for hydroxylation is 2. The summed E-state index contributed by atoms with van der Waals surface area (Å²) in [6, 6.07) is 14.7. The maximum absolute atomic E-state index is 13.5. The first kappa shape index (κ1) is 25.1. The predicted molar refractivity (Wildman–Crippen MR) is 133 cm³/mol. The molecule has 0 aliphatic carbocycles. The van der Waals surface area contributed by atoms with E-state index in [9.17, 15) is 13.2 Å². The molecule has 35 heavy (non-hydrogen) atoms. The van der Waals surface area contributed by atoms with Crippen LogP contribution in [0.25, 0.3) is 11.4 Å². The Labute approximate surface area is 207 Å². The Morgan fingerprint density at radius 3 is 2.63 bits per heavy atom. The summed E-state index contributed by atoms with van der Waals surface area (Å²) in [4.78, 5) is 19.9. The summed E-state index contributed by atoms with van der Waals surface area (Å²) in [6.45, 7) is 7.24. The van der Waals surface area contributed by atoms with E-state index in [-0.39, 0.29) is 23.9 Å². The Kier molecular flexibility index (Phi) is 7.66. The lowest BCUT2D eigenvalue weighted by molar-refractivity contribution is -0.137. The third-order valence-corrected chi connectivity index (χ3v) is 8.15. The van der Waals surface area contributed by atoms with Crippen LogP contribution < -0.4 is 0 Å². The first-order valence-corrected chi connectivity index (χ1v) is 13.5. The number of aromatic nitrogens is 2. The fourth-order valence-corrected chi connectivity index (χ4v) is 5.92. The molecule has 2 heterocycles. The van der Waals surface area contributed by atoms with E-state index in [0.29, 0.717) is 37.6 Å². The van der Waals surface area contributed by atoms with E-state index in [1.807, 2.05) is 45.0 Å². The van der Waals surface area contributed by atoms with Gasteiger partial charge in [-0.2, -0.15) is 9.29 Å². The van der Waals surface area contributed by atoms with Crippen molar-refractivity contribution in [1.29, 1.82) is 0 Å². The van der Waals surface area contributed by atoms with Crippen LogP contribution in [0.5, 0.6) is 0 Å². The lowest BCUT2D eigenvalue weighted by Gasteiger charge is -2.34. The van der Waals surface area contributed by atoms with Gasteiger partial charge in [-0.25, -0.2) is 8.42 Å². The molecule has 2 aromatic carbocycles. The number of benzene rings is 2. The van der Waals surface area contributed by atoms with Crippen molar-refractivity contribution in [1.82, 2.24) is 19.3 Å². The van der Waals surface area contributed by atoms with E-state index in [1.165, 1.54) is 4.31 Å². The quantitative estimate of drug-likeness (QED) is 0.464. The minimum absolute atomic E-state index is 0.0778. The largest absolute Gasteiger partial charge is 0.337 e. The highest BCUT2D eigenvalue weighted by Gasteiger charge is 2.35. The molecule has 9 heteroatoms. The van der Waals surface area contributed by atoms with Gasteiger partial charge in [0, 0.05) is 25.2 Å². The van der Waals surface area contributed by atoms with Gasteiger partial charge in [-0.3, -0.25) is 4.79 Å². The van der Waals surface area contributed by atoms with E-state index < -0.39 is 15.9 Å². The summed E-state index contributed by atoms with van der Waals surface area (Å²) in [6.07, 6.45) is 2.06. The van der Waals surface area contributed by atoms with Crippen molar-refractivity contribution in [2.75, 3.05) is 19.6 Å². The number of hydrogen-bond acceptors (Lipinski definition) is 6. The smallest absolute Gasteiger partial charge is 0.246 e. The van der Waals surface area contributed by atoms with Crippen LogP contribution in [0.2, 0.25) is 0 Å². The van der Waals surface area contributed by atoms with Crippen LogP contribution >= 0.6 is 0 Å². The first-order valence-electron chi connectivity index (χ1n) is 12.0. The lowest BCUT2D eigenvalue weighted by Crippen LogP contribution is -2.46. The molecule has 1 aromatic heterocycles. The molecule has 8 nitrogen and oxygen atoms in total. The Hall–Kier alpha value is -3.04. The van der Waals surface area contributed by atoms with Crippen LogP contribution in [0.15, 0.2) is 57.9 Å². The van der Waals surface area contributed by atoms with E-state index in [4.69, 9.17) is 4.52 Å². The van der Waals surface area contributed by atoms with Crippen LogP contribution in [0, 0.1) is 19.8 Å². The molecule has 0 unspecified atom stereocenters. The predicted octanol–water partition coefficient (Wildman–Crippen LogP) is 4.19. The number of rotatable bonds is 8.